The zero-order valence-electron chi connectivity index (χ0n) is 18.4. The SMILES string of the molecule is CC(C)[C@@H](N)CNc1cn(Cc2ccc(C(F)(F)F)nc2)c(NC2CCCC2)c1C(N)=O. The number of carbonyl (C=O) groups is 1. The van der Waals surface area contributed by atoms with Crippen molar-refractivity contribution in [2.75, 3.05) is 17.2 Å². The first-order valence-corrected chi connectivity index (χ1v) is 10.9. The number of nitrogens with two attached hydrogens (primary N) is 2. The maximum Gasteiger partial charge on any atom is 0.433 e. The third kappa shape index (κ3) is 5.73. The first-order chi connectivity index (χ1) is 15.1. The molecule has 0 radical (unpaired) electrons. The monoisotopic (exact) mass is 452 g/mol. The third-order valence-electron chi connectivity index (χ3n) is 5.87. The summed E-state index contributed by atoms with van der Waals surface area (Å²) in [5.74, 6) is 0.219. The molecule has 7 nitrogen and oxygen atoms in total. The molecule has 1 aliphatic rings. The summed E-state index contributed by atoms with van der Waals surface area (Å²) in [6.45, 7) is 4.71. The van der Waals surface area contributed by atoms with E-state index in [9.17, 15) is 18.0 Å². The number of hydrogen-bond acceptors (Lipinski definition) is 5. The highest BCUT2D eigenvalue weighted by Gasteiger charge is 2.32. The first-order valence-electron chi connectivity index (χ1n) is 10.9. The zero-order chi connectivity index (χ0) is 23.5. The van der Waals surface area contributed by atoms with Crippen LogP contribution in [0, 0.1) is 5.92 Å². The molecular weight excluding hydrogens is 421 g/mol. The van der Waals surface area contributed by atoms with E-state index in [1.54, 1.807) is 10.8 Å². The van der Waals surface area contributed by atoms with Gasteiger partial charge in [0.2, 0.25) is 0 Å². The maximum absolute atomic E-state index is 12.8. The molecule has 3 rings (SSSR count). The molecule has 176 valence electrons. The van der Waals surface area contributed by atoms with Gasteiger partial charge in [0.05, 0.1) is 12.2 Å². The van der Waals surface area contributed by atoms with Gasteiger partial charge >= 0.3 is 6.18 Å². The van der Waals surface area contributed by atoms with E-state index in [0.29, 0.717) is 29.2 Å². The van der Waals surface area contributed by atoms with Gasteiger partial charge < -0.3 is 26.7 Å². The van der Waals surface area contributed by atoms with Crippen LogP contribution < -0.4 is 22.1 Å². The van der Waals surface area contributed by atoms with Gasteiger partial charge in [0, 0.05) is 31.0 Å². The molecule has 0 bridgehead atoms. The van der Waals surface area contributed by atoms with Gasteiger partial charge in [-0.2, -0.15) is 13.2 Å². The Morgan fingerprint density at radius 3 is 2.50 bits per heavy atom. The molecule has 1 atom stereocenters. The highest BCUT2D eigenvalue weighted by Crippen LogP contribution is 2.32. The lowest BCUT2D eigenvalue weighted by molar-refractivity contribution is -0.141. The number of anilines is 2. The number of primary amides is 1. The molecule has 1 aliphatic carbocycles. The highest BCUT2D eigenvalue weighted by atomic mass is 19.4. The van der Waals surface area contributed by atoms with E-state index < -0.39 is 17.8 Å². The third-order valence-corrected chi connectivity index (χ3v) is 5.87. The second-order valence-corrected chi connectivity index (χ2v) is 8.72. The van der Waals surface area contributed by atoms with Crippen molar-refractivity contribution in [3.63, 3.8) is 0 Å². The molecule has 2 aromatic heterocycles. The van der Waals surface area contributed by atoms with Crippen LogP contribution in [0.25, 0.3) is 0 Å². The normalized spacial score (nSPS) is 15.8. The minimum absolute atomic E-state index is 0.121. The quantitative estimate of drug-likeness (QED) is 0.463. The Kier molecular flexibility index (Phi) is 7.33. The van der Waals surface area contributed by atoms with E-state index in [-0.39, 0.29) is 24.5 Å². The van der Waals surface area contributed by atoms with E-state index in [1.165, 1.54) is 12.3 Å². The summed E-state index contributed by atoms with van der Waals surface area (Å²) in [6, 6.07) is 2.43. The van der Waals surface area contributed by atoms with Crippen LogP contribution in [0.4, 0.5) is 24.7 Å². The topological polar surface area (TPSA) is 111 Å². The number of nitrogens with one attached hydrogen (secondary N) is 2. The molecule has 0 spiro atoms. The van der Waals surface area contributed by atoms with Crippen molar-refractivity contribution in [2.45, 2.75) is 64.3 Å². The molecule has 1 saturated carbocycles. The van der Waals surface area contributed by atoms with Crippen molar-refractivity contribution in [2.24, 2.45) is 17.4 Å². The number of carbonyl (C=O) groups excluding carboxylic acids is 1. The predicted octanol–water partition coefficient (Wildman–Crippen LogP) is 3.80. The molecule has 10 heteroatoms. The Labute approximate surface area is 185 Å². The zero-order valence-corrected chi connectivity index (χ0v) is 18.4. The summed E-state index contributed by atoms with van der Waals surface area (Å²) in [5, 5.41) is 6.66. The summed E-state index contributed by atoms with van der Waals surface area (Å²) >= 11 is 0. The highest BCUT2D eigenvalue weighted by molar-refractivity contribution is 6.04. The van der Waals surface area contributed by atoms with Crippen LogP contribution in [0.1, 0.15) is 61.1 Å². The van der Waals surface area contributed by atoms with Gasteiger partial charge in [-0.25, -0.2) is 0 Å². The molecule has 6 N–H and O–H groups in total. The van der Waals surface area contributed by atoms with Crippen molar-refractivity contribution in [3.8, 4) is 0 Å². The first kappa shape index (κ1) is 23.9. The minimum Gasteiger partial charge on any atom is -0.382 e. The lowest BCUT2D eigenvalue weighted by Crippen LogP contribution is -2.34. The lowest BCUT2D eigenvalue weighted by Gasteiger charge is -2.18. The molecular formula is C22H31F3N6O. The van der Waals surface area contributed by atoms with Gasteiger partial charge in [-0.05, 0) is 30.4 Å². The summed E-state index contributed by atoms with van der Waals surface area (Å²) in [5.41, 5.74) is 12.4. The molecule has 32 heavy (non-hydrogen) atoms. The second kappa shape index (κ2) is 9.81. The number of amides is 1. The molecule has 2 aromatic rings. The standard InChI is InChI=1S/C22H31F3N6O/c1-13(2)16(26)10-28-17-12-31(11-14-7-8-18(29-9-14)22(23,24)25)21(19(17)20(27)32)30-15-5-3-4-6-15/h7-9,12-13,15-16,28,30H,3-6,10-11,26H2,1-2H3,(H2,27,32)/t16-/m0/s1. The molecule has 1 fully saturated rings. The Morgan fingerprint density at radius 2 is 1.97 bits per heavy atom. The van der Waals surface area contributed by atoms with Gasteiger partial charge in [0.1, 0.15) is 17.1 Å². The van der Waals surface area contributed by atoms with Gasteiger partial charge in [0.25, 0.3) is 5.91 Å². The van der Waals surface area contributed by atoms with Crippen LogP contribution in [-0.2, 0) is 12.7 Å². The number of hydrogen-bond donors (Lipinski definition) is 4. The van der Waals surface area contributed by atoms with E-state index in [2.05, 4.69) is 15.6 Å². The van der Waals surface area contributed by atoms with Crippen LogP contribution in [0.3, 0.4) is 0 Å². The number of pyridine rings is 1. The molecule has 0 saturated heterocycles. The molecule has 1 amide bonds. The fourth-order valence-electron chi connectivity index (χ4n) is 3.83. The van der Waals surface area contributed by atoms with Crippen molar-refractivity contribution >= 4 is 17.4 Å². The van der Waals surface area contributed by atoms with Gasteiger partial charge in [-0.1, -0.05) is 32.8 Å². The fourth-order valence-corrected chi connectivity index (χ4v) is 3.83. The van der Waals surface area contributed by atoms with Crippen molar-refractivity contribution in [1.82, 2.24) is 9.55 Å². The van der Waals surface area contributed by atoms with E-state index >= 15 is 0 Å². The average molecular weight is 453 g/mol. The number of alkyl halides is 3. The van der Waals surface area contributed by atoms with E-state index in [1.807, 2.05) is 13.8 Å². The Balaban J connectivity index is 1.93. The van der Waals surface area contributed by atoms with E-state index in [4.69, 9.17) is 11.5 Å². The number of aromatic nitrogens is 2. The summed E-state index contributed by atoms with van der Waals surface area (Å²) in [6.07, 6.45) is 2.61. The van der Waals surface area contributed by atoms with Crippen LogP contribution in [-0.4, -0.2) is 34.1 Å². The number of rotatable bonds is 9. The van der Waals surface area contributed by atoms with Crippen molar-refractivity contribution in [1.29, 1.82) is 0 Å². The Hall–Kier alpha value is -2.75. The van der Waals surface area contributed by atoms with Crippen molar-refractivity contribution < 1.29 is 18.0 Å². The summed E-state index contributed by atoms with van der Waals surface area (Å²) in [7, 11) is 0. The fraction of sp³-hybridized carbons (Fsp3) is 0.545. The van der Waals surface area contributed by atoms with Crippen LogP contribution in [0.15, 0.2) is 24.5 Å². The predicted molar refractivity (Wildman–Crippen MR) is 118 cm³/mol. The molecule has 0 aromatic carbocycles. The molecule has 2 heterocycles. The summed E-state index contributed by atoms with van der Waals surface area (Å²) < 4.78 is 40.3. The van der Waals surface area contributed by atoms with Crippen molar-refractivity contribution in [3.05, 3.63) is 41.3 Å². The minimum atomic E-state index is -4.49. The second-order valence-electron chi connectivity index (χ2n) is 8.72. The van der Waals surface area contributed by atoms with E-state index in [0.717, 1.165) is 31.7 Å². The maximum atomic E-state index is 12.8. The van der Waals surface area contributed by atoms with Gasteiger partial charge in [-0.3, -0.25) is 9.78 Å². The lowest BCUT2D eigenvalue weighted by atomic mass is 10.1. The average Bonchev–Trinajstić information content (AvgIpc) is 3.34. The Morgan fingerprint density at radius 1 is 1.28 bits per heavy atom. The largest absolute Gasteiger partial charge is 0.433 e. The van der Waals surface area contributed by atoms with Gasteiger partial charge in [0.15, 0.2) is 0 Å². The van der Waals surface area contributed by atoms with Crippen LogP contribution >= 0.6 is 0 Å². The Bertz CT molecular complexity index is 917. The molecule has 0 aliphatic heterocycles. The van der Waals surface area contributed by atoms with Crippen LogP contribution in [0.5, 0.6) is 0 Å². The summed E-state index contributed by atoms with van der Waals surface area (Å²) in [4.78, 5) is 15.9. The number of halogens is 3. The van der Waals surface area contributed by atoms with Crippen LogP contribution in [0.2, 0.25) is 0 Å². The smallest absolute Gasteiger partial charge is 0.382 e. The molecule has 0 unspecified atom stereocenters. The number of nitrogens with zero attached hydrogens (tertiary/aromatic N) is 2. The van der Waals surface area contributed by atoms with Gasteiger partial charge in [-0.15, -0.1) is 0 Å².